The monoisotopic (exact) mass is 328 g/mol. The number of nitrogens with zero attached hydrogens (tertiary/aromatic N) is 4. The van der Waals surface area contributed by atoms with Crippen molar-refractivity contribution in [1.82, 2.24) is 20.3 Å². The van der Waals surface area contributed by atoms with Gasteiger partial charge in [-0.2, -0.15) is 9.97 Å². The molecule has 0 spiro atoms. The molecular weight excluding hydrogens is 308 g/mol. The van der Waals surface area contributed by atoms with Crippen molar-refractivity contribution in [2.24, 2.45) is 0 Å². The van der Waals surface area contributed by atoms with E-state index in [9.17, 15) is 0 Å². The molecule has 7 heteroatoms. The van der Waals surface area contributed by atoms with Gasteiger partial charge in [0, 0.05) is 25.8 Å². The van der Waals surface area contributed by atoms with Gasteiger partial charge in [-0.1, -0.05) is 10.3 Å². The van der Waals surface area contributed by atoms with Crippen LogP contribution in [0.1, 0.15) is 35.2 Å². The quantitative estimate of drug-likeness (QED) is 0.641. The normalized spacial score (nSPS) is 11.0. The van der Waals surface area contributed by atoms with E-state index in [0.717, 1.165) is 35.3 Å². The number of rotatable bonds is 6. The molecule has 0 saturated heterocycles. The summed E-state index contributed by atoms with van der Waals surface area (Å²) in [6.07, 6.45) is 1.55. The third-order valence-electron chi connectivity index (χ3n) is 3.61. The average Bonchev–Trinajstić information content (AvgIpc) is 3.14. The molecular formula is C17H20N4O3. The minimum absolute atomic E-state index is 0.553. The molecule has 2 aromatic heterocycles. The van der Waals surface area contributed by atoms with Gasteiger partial charge in [0.15, 0.2) is 5.82 Å². The van der Waals surface area contributed by atoms with Crippen molar-refractivity contribution in [3.8, 4) is 17.1 Å². The predicted octanol–water partition coefficient (Wildman–Crippen LogP) is 3.36. The second-order valence-corrected chi connectivity index (χ2v) is 5.76. The minimum atomic E-state index is 0.553. The lowest BCUT2D eigenvalue weighted by Crippen LogP contribution is -2.03. The van der Waals surface area contributed by atoms with E-state index in [1.807, 2.05) is 26.0 Å². The molecule has 0 radical (unpaired) electrons. The molecule has 0 unspecified atom stereocenters. The molecule has 0 atom stereocenters. The Hall–Kier alpha value is -2.70. The van der Waals surface area contributed by atoms with Crippen LogP contribution in [-0.2, 0) is 6.42 Å². The van der Waals surface area contributed by atoms with Crippen LogP contribution in [0, 0.1) is 27.7 Å². The molecule has 126 valence electrons. The first-order valence-corrected chi connectivity index (χ1v) is 7.87. The second kappa shape index (κ2) is 6.82. The topological polar surface area (TPSA) is 87.1 Å². The summed E-state index contributed by atoms with van der Waals surface area (Å²) < 4.78 is 15.9. The fraction of sp³-hybridized carbons (Fsp3) is 0.412. The molecule has 0 N–H and O–H groups in total. The predicted molar refractivity (Wildman–Crippen MR) is 86.8 cm³/mol. The van der Waals surface area contributed by atoms with Gasteiger partial charge >= 0.3 is 0 Å². The molecule has 0 aliphatic heterocycles. The molecule has 0 fully saturated rings. The molecule has 0 aliphatic carbocycles. The first-order chi connectivity index (χ1) is 11.5. The van der Waals surface area contributed by atoms with E-state index in [0.29, 0.717) is 30.0 Å². The molecule has 2 heterocycles. The Bertz CT molecular complexity index is 815. The highest BCUT2D eigenvalue weighted by Gasteiger charge is 2.12. The molecule has 3 aromatic rings. The molecule has 0 bridgehead atoms. The van der Waals surface area contributed by atoms with Crippen LogP contribution < -0.4 is 4.74 Å². The van der Waals surface area contributed by atoms with E-state index in [1.165, 1.54) is 0 Å². The molecule has 0 amide bonds. The van der Waals surface area contributed by atoms with E-state index < -0.39 is 0 Å². The summed E-state index contributed by atoms with van der Waals surface area (Å²) in [5, 5.41) is 7.84. The van der Waals surface area contributed by atoms with Gasteiger partial charge in [-0.3, -0.25) is 0 Å². The van der Waals surface area contributed by atoms with Gasteiger partial charge in [-0.25, -0.2) is 0 Å². The highest BCUT2D eigenvalue weighted by atomic mass is 16.5. The molecule has 3 rings (SSSR count). The van der Waals surface area contributed by atoms with Crippen molar-refractivity contribution in [3.63, 3.8) is 0 Å². The minimum Gasteiger partial charge on any atom is -0.493 e. The first kappa shape index (κ1) is 16.2. The van der Waals surface area contributed by atoms with Crippen LogP contribution in [-0.4, -0.2) is 26.9 Å². The van der Waals surface area contributed by atoms with Gasteiger partial charge in [0.2, 0.25) is 17.6 Å². The summed E-state index contributed by atoms with van der Waals surface area (Å²) in [5.41, 5.74) is 3.02. The van der Waals surface area contributed by atoms with Crippen molar-refractivity contribution in [1.29, 1.82) is 0 Å². The Morgan fingerprint density at radius 2 is 1.58 bits per heavy atom. The molecule has 1 aromatic carbocycles. The Balaban J connectivity index is 1.63. The third kappa shape index (κ3) is 3.61. The Labute approximate surface area is 140 Å². The largest absolute Gasteiger partial charge is 0.493 e. The summed E-state index contributed by atoms with van der Waals surface area (Å²) in [7, 11) is 0. The van der Waals surface area contributed by atoms with Gasteiger partial charge in [-0.15, -0.1) is 0 Å². The Morgan fingerprint density at radius 1 is 0.917 bits per heavy atom. The van der Waals surface area contributed by atoms with Crippen LogP contribution in [0.5, 0.6) is 5.75 Å². The maximum atomic E-state index is 5.94. The van der Waals surface area contributed by atoms with E-state index in [4.69, 9.17) is 13.8 Å². The number of benzene rings is 1. The molecule has 0 aliphatic rings. The molecule has 24 heavy (non-hydrogen) atoms. The third-order valence-corrected chi connectivity index (χ3v) is 3.61. The lowest BCUT2D eigenvalue weighted by atomic mass is 10.1. The van der Waals surface area contributed by atoms with Crippen LogP contribution in [0.15, 0.2) is 21.2 Å². The fourth-order valence-corrected chi connectivity index (χ4v) is 2.57. The van der Waals surface area contributed by atoms with Gasteiger partial charge in [0.25, 0.3) is 0 Å². The van der Waals surface area contributed by atoms with Crippen LogP contribution in [0.3, 0.4) is 0 Å². The Morgan fingerprint density at radius 3 is 2.17 bits per heavy atom. The first-order valence-electron chi connectivity index (χ1n) is 7.87. The Kier molecular flexibility index (Phi) is 4.59. The highest BCUT2D eigenvalue weighted by Crippen LogP contribution is 2.29. The van der Waals surface area contributed by atoms with Crippen molar-refractivity contribution in [3.05, 3.63) is 40.9 Å². The van der Waals surface area contributed by atoms with Gasteiger partial charge in [0.1, 0.15) is 5.75 Å². The SMILES string of the molecule is Cc1nc(CCCOc2c(C)cc(-c3noc(C)n3)cc2C)no1. The summed E-state index contributed by atoms with van der Waals surface area (Å²) in [6, 6.07) is 4.02. The summed E-state index contributed by atoms with van der Waals surface area (Å²) in [6.45, 7) is 8.18. The maximum absolute atomic E-state index is 5.94. The van der Waals surface area contributed by atoms with Crippen molar-refractivity contribution < 1.29 is 13.8 Å². The van der Waals surface area contributed by atoms with Crippen LogP contribution in [0.4, 0.5) is 0 Å². The molecule has 0 saturated carbocycles. The number of aryl methyl sites for hydroxylation is 5. The lowest BCUT2D eigenvalue weighted by molar-refractivity contribution is 0.304. The summed E-state index contributed by atoms with van der Waals surface area (Å²) in [5.74, 6) is 3.34. The summed E-state index contributed by atoms with van der Waals surface area (Å²) in [4.78, 5) is 8.44. The van der Waals surface area contributed by atoms with Crippen molar-refractivity contribution in [2.45, 2.75) is 40.5 Å². The highest BCUT2D eigenvalue weighted by molar-refractivity contribution is 5.60. The van der Waals surface area contributed by atoms with E-state index in [2.05, 4.69) is 20.3 Å². The van der Waals surface area contributed by atoms with Gasteiger partial charge in [0.05, 0.1) is 6.61 Å². The van der Waals surface area contributed by atoms with E-state index in [-0.39, 0.29) is 0 Å². The van der Waals surface area contributed by atoms with E-state index in [1.54, 1.807) is 13.8 Å². The van der Waals surface area contributed by atoms with Crippen LogP contribution in [0.2, 0.25) is 0 Å². The number of ether oxygens (including phenoxy) is 1. The van der Waals surface area contributed by atoms with Crippen molar-refractivity contribution >= 4 is 0 Å². The van der Waals surface area contributed by atoms with Gasteiger partial charge < -0.3 is 13.8 Å². The summed E-state index contributed by atoms with van der Waals surface area (Å²) >= 11 is 0. The van der Waals surface area contributed by atoms with Crippen molar-refractivity contribution in [2.75, 3.05) is 6.61 Å². The maximum Gasteiger partial charge on any atom is 0.223 e. The zero-order chi connectivity index (χ0) is 17.1. The zero-order valence-corrected chi connectivity index (χ0v) is 14.3. The fourth-order valence-electron chi connectivity index (χ4n) is 2.57. The van der Waals surface area contributed by atoms with Gasteiger partial charge in [-0.05, 0) is 43.5 Å². The smallest absolute Gasteiger partial charge is 0.223 e. The standard InChI is InChI=1S/C17H20N4O3/c1-10-8-14(17-19-13(4)24-21-17)9-11(2)16(10)22-7-5-6-15-18-12(3)23-20-15/h8-9H,5-7H2,1-4H3. The second-order valence-electron chi connectivity index (χ2n) is 5.76. The number of aromatic nitrogens is 4. The average molecular weight is 328 g/mol. The van der Waals surface area contributed by atoms with Crippen LogP contribution >= 0.6 is 0 Å². The zero-order valence-electron chi connectivity index (χ0n) is 14.3. The number of hydrogen-bond donors (Lipinski definition) is 0. The van der Waals surface area contributed by atoms with E-state index >= 15 is 0 Å². The lowest BCUT2D eigenvalue weighted by Gasteiger charge is -2.13. The number of hydrogen-bond acceptors (Lipinski definition) is 7. The van der Waals surface area contributed by atoms with Crippen LogP contribution in [0.25, 0.3) is 11.4 Å². The molecule has 7 nitrogen and oxygen atoms in total.